The zero-order valence-corrected chi connectivity index (χ0v) is 12.4. The average Bonchev–Trinajstić information content (AvgIpc) is 2.43. The minimum absolute atomic E-state index is 0.714. The number of ether oxygens (including phenoxy) is 1. The minimum atomic E-state index is 0.714. The minimum Gasteiger partial charge on any atom is -0.439 e. The Morgan fingerprint density at radius 2 is 2.00 bits per heavy atom. The second-order valence-electron chi connectivity index (χ2n) is 4.82. The molecule has 98 valence electrons. The van der Waals surface area contributed by atoms with Crippen molar-refractivity contribution in [2.75, 3.05) is 0 Å². The largest absolute Gasteiger partial charge is 0.439 e. The van der Waals surface area contributed by atoms with Gasteiger partial charge in [0.2, 0.25) is 5.88 Å². The lowest BCUT2D eigenvalue weighted by Gasteiger charge is -2.17. The Hall–Kier alpha value is -1.42. The van der Waals surface area contributed by atoms with Gasteiger partial charge in [0.15, 0.2) is 0 Å². The molecule has 0 aliphatic heterocycles. The molecule has 1 aliphatic rings. The first kappa shape index (κ1) is 12.6. The van der Waals surface area contributed by atoms with E-state index in [0.717, 1.165) is 34.3 Å². The monoisotopic (exact) mass is 318 g/mol. The highest BCUT2D eigenvalue weighted by Gasteiger charge is 2.17. The molecule has 1 aliphatic carbocycles. The molecule has 1 aromatic heterocycles. The van der Waals surface area contributed by atoms with Gasteiger partial charge in [-0.25, -0.2) is 9.97 Å². The molecular formula is C15H15BrN2O. The van der Waals surface area contributed by atoms with Crippen LogP contribution < -0.4 is 4.74 Å². The lowest BCUT2D eigenvalue weighted by Crippen LogP contribution is -2.08. The molecule has 4 heteroatoms. The van der Waals surface area contributed by atoms with E-state index in [2.05, 4.69) is 25.9 Å². The molecule has 0 radical (unpaired) electrons. The molecule has 3 nitrogen and oxygen atoms in total. The SMILES string of the molecule is Cc1cc(Oc2ncnc3c2CCCC3)ccc1Br. The summed E-state index contributed by atoms with van der Waals surface area (Å²) in [5.74, 6) is 1.54. The van der Waals surface area contributed by atoms with Crippen molar-refractivity contribution in [1.29, 1.82) is 0 Å². The number of halogens is 1. The Morgan fingerprint density at radius 3 is 2.84 bits per heavy atom. The van der Waals surface area contributed by atoms with Gasteiger partial charge in [0.05, 0.1) is 5.69 Å². The van der Waals surface area contributed by atoms with Crippen molar-refractivity contribution in [3.63, 3.8) is 0 Å². The van der Waals surface area contributed by atoms with Crippen LogP contribution in [0.25, 0.3) is 0 Å². The maximum Gasteiger partial charge on any atom is 0.225 e. The van der Waals surface area contributed by atoms with E-state index in [-0.39, 0.29) is 0 Å². The van der Waals surface area contributed by atoms with Gasteiger partial charge in [-0.05, 0) is 56.4 Å². The molecule has 0 spiro atoms. The summed E-state index contributed by atoms with van der Waals surface area (Å²) in [5, 5.41) is 0. The fraction of sp³-hybridized carbons (Fsp3) is 0.333. The van der Waals surface area contributed by atoms with Crippen molar-refractivity contribution in [3.05, 3.63) is 45.8 Å². The second kappa shape index (κ2) is 5.29. The van der Waals surface area contributed by atoms with Crippen molar-refractivity contribution in [1.82, 2.24) is 9.97 Å². The van der Waals surface area contributed by atoms with Gasteiger partial charge in [-0.3, -0.25) is 0 Å². The van der Waals surface area contributed by atoms with Gasteiger partial charge in [-0.15, -0.1) is 0 Å². The number of benzene rings is 1. The standard InChI is InChI=1S/C15H15BrN2O/c1-10-8-11(6-7-13(10)16)19-15-12-4-2-3-5-14(12)17-9-18-15/h6-9H,2-5H2,1H3. The van der Waals surface area contributed by atoms with Crippen LogP contribution in [0.15, 0.2) is 29.0 Å². The molecule has 1 aromatic carbocycles. The highest BCUT2D eigenvalue weighted by atomic mass is 79.9. The average molecular weight is 319 g/mol. The van der Waals surface area contributed by atoms with Crippen LogP contribution >= 0.6 is 15.9 Å². The number of rotatable bonds is 2. The predicted molar refractivity (Wildman–Crippen MR) is 77.6 cm³/mol. The topological polar surface area (TPSA) is 35.0 Å². The highest BCUT2D eigenvalue weighted by Crippen LogP contribution is 2.30. The summed E-state index contributed by atoms with van der Waals surface area (Å²) >= 11 is 3.49. The fourth-order valence-corrected chi connectivity index (χ4v) is 2.62. The molecule has 0 fully saturated rings. The van der Waals surface area contributed by atoms with E-state index in [1.54, 1.807) is 6.33 Å². The summed E-state index contributed by atoms with van der Waals surface area (Å²) in [5.41, 5.74) is 3.47. The highest BCUT2D eigenvalue weighted by molar-refractivity contribution is 9.10. The van der Waals surface area contributed by atoms with Crippen LogP contribution in [0.2, 0.25) is 0 Å². The molecule has 0 amide bonds. The number of hydrogen-bond acceptors (Lipinski definition) is 3. The Bertz CT molecular complexity index is 613. The summed E-state index contributed by atoms with van der Waals surface area (Å²) in [4.78, 5) is 8.65. The van der Waals surface area contributed by atoms with Gasteiger partial charge in [-0.1, -0.05) is 15.9 Å². The van der Waals surface area contributed by atoms with Gasteiger partial charge >= 0.3 is 0 Å². The van der Waals surface area contributed by atoms with E-state index in [0.29, 0.717) is 5.88 Å². The molecule has 0 saturated carbocycles. The Labute approximate surface area is 121 Å². The van der Waals surface area contributed by atoms with E-state index in [9.17, 15) is 0 Å². The third-order valence-electron chi connectivity index (χ3n) is 3.43. The van der Waals surface area contributed by atoms with Crippen LogP contribution in [0, 0.1) is 6.92 Å². The van der Waals surface area contributed by atoms with E-state index in [1.807, 2.05) is 25.1 Å². The van der Waals surface area contributed by atoms with E-state index in [4.69, 9.17) is 4.74 Å². The smallest absolute Gasteiger partial charge is 0.225 e. The number of fused-ring (bicyclic) bond motifs is 1. The van der Waals surface area contributed by atoms with Gasteiger partial charge in [-0.2, -0.15) is 0 Å². The Kier molecular flexibility index (Phi) is 3.51. The number of aryl methyl sites for hydroxylation is 2. The number of aromatic nitrogens is 2. The molecule has 0 bridgehead atoms. The third-order valence-corrected chi connectivity index (χ3v) is 4.32. The zero-order valence-electron chi connectivity index (χ0n) is 10.8. The lowest BCUT2D eigenvalue weighted by atomic mass is 9.97. The lowest BCUT2D eigenvalue weighted by molar-refractivity contribution is 0.446. The van der Waals surface area contributed by atoms with Gasteiger partial charge in [0, 0.05) is 10.0 Å². The van der Waals surface area contributed by atoms with Crippen molar-refractivity contribution in [3.8, 4) is 11.6 Å². The molecule has 2 aromatic rings. The molecule has 1 heterocycles. The summed E-state index contributed by atoms with van der Waals surface area (Å²) in [6.07, 6.45) is 6.05. The Balaban J connectivity index is 1.92. The van der Waals surface area contributed by atoms with Crippen LogP contribution in [0.4, 0.5) is 0 Å². The fourth-order valence-electron chi connectivity index (χ4n) is 2.37. The maximum atomic E-state index is 5.94. The zero-order chi connectivity index (χ0) is 13.2. The molecular weight excluding hydrogens is 304 g/mol. The predicted octanol–water partition coefficient (Wildman–Crippen LogP) is 4.22. The molecule has 0 saturated heterocycles. The second-order valence-corrected chi connectivity index (χ2v) is 5.68. The number of nitrogens with zero attached hydrogens (tertiary/aromatic N) is 2. The van der Waals surface area contributed by atoms with Crippen LogP contribution in [0.3, 0.4) is 0 Å². The van der Waals surface area contributed by atoms with Crippen LogP contribution in [0.5, 0.6) is 11.6 Å². The molecule has 3 rings (SSSR count). The van der Waals surface area contributed by atoms with Gasteiger partial charge in [0.1, 0.15) is 12.1 Å². The normalized spacial score (nSPS) is 14.0. The van der Waals surface area contributed by atoms with Crippen molar-refractivity contribution < 1.29 is 4.74 Å². The van der Waals surface area contributed by atoms with E-state index in [1.165, 1.54) is 18.4 Å². The first-order chi connectivity index (χ1) is 9.24. The van der Waals surface area contributed by atoms with Crippen LogP contribution in [-0.2, 0) is 12.8 Å². The van der Waals surface area contributed by atoms with Crippen LogP contribution in [-0.4, -0.2) is 9.97 Å². The molecule has 0 N–H and O–H groups in total. The van der Waals surface area contributed by atoms with Crippen molar-refractivity contribution in [2.45, 2.75) is 32.6 Å². The Morgan fingerprint density at radius 1 is 1.16 bits per heavy atom. The van der Waals surface area contributed by atoms with E-state index >= 15 is 0 Å². The summed E-state index contributed by atoms with van der Waals surface area (Å²) in [6.45, 7) is 2.05. The first-order valence-electron chi connectivity index (χ1n) is 6.51. The van der Waals surface area contributed by atoms with Crippen LogP contribution in [0.1, 0.15) is 29.7 Å². The molecule has 19 heavy (non-hydrogen) atoms. The van der Waals surface area contributed by atoms with Gasteiger partial charge < -0.3 is 4.74 Å². The maximum absolute atomic E-state index is 5.94. The number of hydrogen-bond donors (Lipinski definition) is 0. The molecule has 0 atom stereocenters. The third kappa shape index (κ3) is 2.63. The quantitative estimate of drug-likeness (QED) is 0.831. The first-order valence-corrected chi connectivity index (χ1v) is 7.30. The van der Waals surface area contributed by atoms with Crippen molar-refractivity contribution >= 4 is 15.9 Å². The van der Waals surface area contributed by atoms with Crippen molar-refractivity contribution in [2.24, 2.45) is 0 Å². The summed E-state index contributed by atoms with van der Waals surface area (Å²) < 4.78 is 7.03. The van der Waals surface area contributed by atoms with Gasteiger partial charge in [0.25, 0.3) is 0 Å². The summed E-state index contributed by atoms with van der Waals surface area (Å²) in [6, 6.07) is 5.97. The molecule has 0 unspecified atom stereocenters. The summed E-state index contributed by atoms with van der Waals surface area (Å²) in [7, 11) is 0. The van der Waals surface area contributed by atoms with E-state index < -0.39 is 0 Å².